The Bertz CT molecular complexity index is 1050. The zero-order valence-electron chi connectivity index (χ0n) is 17.5. The number of methoxy groups -OCH3 is 2. The normalized spacial score (nSPS) is 10.4. The van der Waals surface area contributed by atoms with Gasteiger partial charge in [-0.15, -0.1) is 0 Å². The van der Waals surface area contributed by atoms with Crippen LogP contribution in [0.25, 0.3) is 5.69 Å². The molecule has 0 unspecified atom stereocenters. The van der Waals surface area contributed by atoms with Crippen molar-refractivity contribution < 1.29 is 19.1 Å². The van der Waals surface area contributed by atoms with Gasteiger partial charge in [0.1, 0.15) is 5.75 Å². The molecule has 0 aliphatic rings. The summed E-state index contributed by atoms with van der Waals surface area (Å²) < 4.78 is 12.1. The van der Waals surface area contributed by atoms with Gasteiger partial charge in [0.15, 0.2) is 0 Å². The molecule has 0 atom stereocenters. The molecule has 7 nitrogen and oxygen atoms in total. The molecule has 0 bridgehead atoms. The Hall–Kier alpha value is -3.74. The molecule has 1 heterocycles. The number of rotatable bonds is 6. The molecule has 0 aliphatic heterocycles. The molecule has 0 radical (unpaired) electrons. The van der Waals surface area contributed by atoms with Gasteiger partial charge in [-0.05, 0) is 61.9 Å². The minimum absolute atomic E-state index is 0.299. The zero-order chi connectivity index (χ0) is 21.7. The second-order valence-corrected chi connectivity index (χ2v) is 6.77. The van der Waals surface area contributed by atoms with Crippen molar-refractivity contribution in [3.05, 3.63) is 77.1 Å². The first-order valence-electron chi connectivity index (χ1n) is 9.49. The number of carbonyl (C=O) groups excluding carboxylic acids is 2. The van der Waals surface area contributed by atoms with Crippen LogP contribution in [0.1, 0.15) is 27.3 Å². The smallest absolute Gasteiger partial charge is 0.339 e. The third kappa shape index (κ3) is 4.46. The van der Waals surface area contributed by atoms with E-state index in [4.69, 9.17) is 9.47 Å². The summed E-state index contributed by atoms with van der Waals surface area (Å²) in [5, 5.41) is 5.56. The molecule has 2 amide bonds. The fourth-order valence-corrected chi connectivity index (χ4v) is 3.36. The highest BCUT2D eigenvalue weighted by atomic mass is 16.5. The number of benzene rings is 2. The molecule has 7 heteroatoms. The zero-order valence-corrected chi connectivity index (χ0v) is 17.5. The number of anilines is 1. The van der Waals surface area contributed by atoms with Crippen LogP contribution in [0, 0.1) is 13.8 Å². The maximum Gasteiger partial charge on any atom is 0.339 e. The summed E-state index contributed by atoms with van der Waals surface area (Å²) in [6, 6.07) is 16.2. The van der Waals surface area contributed by atoms with Gasteiger partial charge in [0.25, 0.3) is 0 Å². The molecule has 2 N–H and O–H groups in total. The van der Waals surface area contributed by atoms with Crippen molar-refractivity contribution in [2.24, 2.45) is 0 Å². The van der Waals surface area contributed by atoms with Crippen LogP contribution in [0.3, 0.4) is 0 Å². The van der Waals surface area contributed by atoms with Gasteiger partial charge in [-0.2, -0.15) is 0 Å². The van der Waals surface area contributed by atoms with E-state index in [0.29, 0.717) is 17.8 Å². The lowest BCUT2D eigenvalue weighted by Gasteiger charge is -2.12. The first kappa shape index (κ1) is 21.0. The quantitative estimate of drug-likeness (QED) is 0.600. The summed E-state index contributed by atoms with van der Waals surface area (Å²) in [6.07, 6.45) is 0. The van der Waals surface area contributed by atoms with E-state index < -0.39 is 12.0 Å². The van der Waals surface area contributed by atoms with Crippen molar-refractivity contribution in [2.45, 2.75) is 20.4 Å². The molecule has 0 saturated heterocycles. The van der Waals surface area contributed by atoms with Crippen molar-refractivity contribution in [3.63, 3.8) is 0 Å². The van der Waals surface area contributed by atoms with E-state index in [9.17, 15) is 9.59 Å². The molecule has 30 heavy (non-hydrogen) atoms. The topological polar surface area (TPSA) is 81.6 Å². The number of carbonyl (C=O) groups is 2. The Morgan fingerprint density at radius 2 is 1.70 bits per heavy atom. The predicted octanol–water partition coefficient (Wildman–Crippen LogP) is 4.21. The summed E-state index contributed by atoms with van der Waals surface area (Å²) in [7, 11) is 2.94. The van der Waals surface area contributed by atoms with Gasteiger partial charge in [0.05, 0.1) is 25.5 Å². The Balaban J connectivity index is 1.71. The molecule has 0 aliphatic carbocycles. The Morgan fingerprint density at radius 3 is 2.37 bits per heavy atom. The molecule has 156 valence electrons. The average molecular weight is 407 g/mol. The summed E-state index contributed by atoms with van der Waals surface area (Å²) in [5.41, 5.74) is 4.81. The van der Waals surface area contributed by atoms with E-state index in [1.165, 1.54) is 7.11 Å². The van der Waals surface area contributed by atoms with Crippen LogP contribution in [-0.4, -0.2) is 30.8 Å². The SMILES string of the molecule is COC(=O)c1ccccc1NC(=O)NCc1cc(C)n(-c2ccc(OC)cc2)c1C. The largest absolute Gasteiger partial charge is 0.497 e. The number of nitrogens with zero attached hydrogens (tertiary/aromatic N) is 1. The van der Waals surface area contributed by atoms with Gasteiger partial charge in [-0.3, -0.25) is 0 Å². The molecule has 0 saturated carbocycles. The lowest BCUT2D eigenvalue weighted by atomic mass is 10.2. The second-order valence-electron chi connectivity index (χ2n) is 6.77. The van der Waals surface area contributed by atoms with Crippen molar-refractivity contribution in [1.29, 1.82) is 0 Å². The summed E-state index contributed by atoms with van der Waals surface area (Å²) in [6.45, 7) is 4.38. The number of urea groups is 1. The number of esters is 1. The Morgan fingerprint density at radius 1 is 1.00 bits per heavy atom. The number of ether oxygens (including phenoxy) is 2. The molecule has 3 rings (SSSR count). The van der Waals surface area contributed by atoms with Crippen LogP contribution in [0.4, 0.5) is 10.5 Å². The van der Waals surface area contributed by atoms with Gasteiger partial charge < -0.3 is 24.7 Å². The van der Waals surface area contributed by atoms with E-state index in [1.807, 2.05) is 44.2 Å². The van der Waals surface area contributed by atoms with Crippen LogP contribution in [0.2, 0.25) is 0 Å². The first-order valence-corrected chi connectivity index (χ1v) is 9.49. The molecule has 3 aromatic rings. The highest BCUT2D eigenvalue weighted by molar-refractivity contribution is 6.00. The summed E-state index contributed by atoms with van der Waals surface area (Å²) in [5.74, 6) is 0.293. The van der Waals surface area contributed by atoms with E-state index in [0.717, 1.165) is 28.4 Å². The van der Waals surface area contributed by atoms with Crippen LogP contribution in [0.5, 0.6) is 5.75 Å². The average Bonchev–Trinajstić information content (AvgIpc) is 3.05. The highest BCUT2D eigenvalue weighted by Crippen LogP contribution is 2.23. The molecular weight excluding hydrogens is 382 g/mol. The monoisotopic (exact) mass is 407 g/mol. The Kier molecular flexibility index (Phi) is 6.41. The van der Waals surface area contributed by atoms with E-state index in [-0.39, 0.29) is 0 Å². The third-order valence-corrected chi connectivity index (χ3v) is 4.89. The van der Waals surface area contributed by atoms with Gasteiger partial charge >= 0.3 is 12.0 Å². The lowest BCUT2D eigenvalue weighted by Crippen LogP contribution is -2.29. The fourth-order valence-electron chi connectivity index (χ4n) is 3.36. The molecule has 1 aromatic heterocycles. The Labute approximate surface area is 175 Å². The number of para-hydroxylation sites is 1. The van der Waals surface area contributed by atoms with Gasteiger partial charge in [-0.1, -0.05) is 12.1 Å². The van der Waals surface area contributed by atoms with Crippen LogP contribution in [-0.2, 0) is 11.3 Å². The lowest BCUT2D eigenvalue weighted by molar-refractivity contribution is 0.0602. The van der Waals surface area contributed by atoms with Crippen molar-refractivity contribution in [2.75, 3.05) is 19.5 Å². The maximum atomic E-state index is 12.4. The van der Waals surface area contributed by atoms with Gasteiger partial charge in [0.2, 0.25) is 0 Å². The standard InChI is InChI=1S/C23H25N3O4/c1-15-13-17(16(2)26(15)18-9-11-19(29-3)12-10-18)14-24-23(28)25-21-8-6-5-7-20(21)22(27)30-4/h5-13H,14H2,1-4H3,(H2,24,25,28). The van der Waals surface area contributed by atoms with Crippen molar-refractivity contribution in [1.82, 2.24) is 9.88 Å². The van der Waals surface area contributed by atoms with E-state index >= 15 is 0 Å². The minimum atomic E-state index is -0.506. The molecular formula is C23H25N3O4. The summed E-state index contributed by atoms with van der Waals surface area (Å²) >= 11 is 0. The van der Waals surface area contributed by atoms with E-state index in [1.54, 1.807) is 31.4 Å². The highest BCUT2D eigenvalue weighted by Gasteiger charge is 2.15. The van der Waals surface area contributed by atoms with Crippen molar-refractivity contribution in [3.8, 4) is 11.4 Å². The number of hydrogen-bond acceptors (Lipinski definition) is 4. The van der Waals surface area contributed by atoms with Gasteiger partial charge in [0, 0.05) is 23.6 Å². The van der Waals surface area contributed by atoms with Crippen LogP contribution in [0.15, 0.2) is 54.6 Å². The van der Waals surface area contributed by atoms with Crippen molar-refractivity contribution >= 4 is 17.7 Å². The van der Waals surface area contributed by atoms with E-state index in [2.05, 4.69) is 15.2 Å². The summed E-state index contributed by atoms with van der Waals surface area (Å²) in [4.78, 5) is 24.2. The number of amides is 2. The third-order valence-electron chi connectivity index (χ3n) is 4.89. The number of nitrogens with one attached hydrogen (secondary N) is 2. The molecule has 0 fully saturated rings. The van der Waals surface area contributed by atoms with Crippen LogP contribution >= 0.6 is 0 Å². The fraction of sp³-hybridized carbons (Fsp3) is 0.217. The minimum Gasteiger partial charge on any atom is -0.497 e. The molecule has 2 aromatic carbocycles. The number of hydrogen-bond donors (Lipinski definition) is 2. The maximum absolute atomic E-state index is 12.4. The second kappa shape index (κ2) is 9.17. The number of aromatic nitrogens is 1. The number of aryl methyl sites for hydroxylation is 1. The predicted molar refractivity (Wildman–Crippen MR) is 115 cm³/mol. The first-order chi connectivity index (χ1) is 14.4. The van der Waals surface area contributed by atoms with Gasteiger partial charge in [-0.25, -0.2) is 9.59 Å². The van der Waals surface area contributed by atoms with Crippen LogP contribution < -0.4 is 15.4 Å². The molecule has 0 spiro atoms.